The van der Waals surface area contributed by atoms with Crippen LogP contribution in [0.2, 0.25) is 0 Å². The molecule has 0 aromatic carbocycles. The lowest BCUT2D eigenvalue weighted by molar-refractivity contribution is 0.116. The Bertz CT molecular complexity index is 452. The van der Waals surface area contributed by atoms with E-state index in [1.165, 1.54) is 0 Å². The van der Waals surface area contributed by atoms with Crippen molar-refractivity contribution in [2.45, 2.75) is 46.1 Å². The molecule has 18 heavy (non-hydrogen) atoms. The van der Waals surface area contributed by atoms with E-state index in [4.69, 9.17) is 0 Å². The lowest BCUT2D eigenvalue weighted by atomic mass is 9.68. The van der Waals surface area contributed by atoms with Gasteiger partial charge >= 0.3 is 0 Å². The molecule has 1 aliphatic carbocycles. The summed E-state index contributed by atoms with van der Waals surface area (Å²) in [6.45, 7) is 6.88. The van der Waals surface area contributed by atoms with E-state index in [0.29, 0.717) is 11.3 Å². The van der Waals surface area contributed by atoms with Crippen molar-refractivity contribution in [1.29, 1.82) is 5.26 Å². The van der Waals surface area contributed by atoms with Gasteiger partial charge in [-0.1, -0.05) is 20.8 Å². The van der Waals surface area contributed by atoms with Gasteiger partial charge in [0.2, 0.25) is 0 Å². The Morgan fingerprint density at radius 3 is 2.67 bits per heavy atom. The van der Waals surface area contributed by atoms with Gasteiger partial charge < -0.3 is 0 Å². The van der Waals surface area contributed by atoms with Gasteiger partial charge in [0.15, 0.2) is 0 Å². The molecule has 1 aromatic heterocycles. The van der Waals surface area contributed by atoms with Crippen molar-refractivity contribution in [3.05, 3.63) is 16.9 Å². The molecule has 0 radical (unpaired) electrons. The lowest BCUT2D eigenvalue weighted by Gasteiger charge is -2.39. The van der Waals surface area contributed by atoms with Gasteiger partial charge in [-0.05, 0) is 46.5 Å². The maximum Gasteiger partial charge on any atom is 0.0688 e. The molecule has 2 rings (SSSR count). The van der Waals surface area contributed by atoms with Crippen LogP contribution in [0.1, 0.15) is 46.1 Å². The van der Waals surface area contributed by atoms with Gasteiger partial charge in [-0.25, -0.2) is 0 Å². The molecule has 3 nitrogen and oxygen atoms in total. The summed E-state index contributed by atoms with van der Waals surface area (Å²) in [6, 6.07) is 2.68. The zero-order chi connectivity index (χ0) is 13.3. The molecular formula is C14H20BrN3. The molecule has 0 aliphatic heterocycles. The minimum atomic E-state index is 0.0930. The summed E-state index contributed by atoms with van der Waals surface area (Å²) < 4.78 is 2.95. The Labute approximate surface area is 117 Å². The molecular weight excluding hydrogens is 290 g/mol. The number of hydrogen-bond donors (Lipinski definition) is 0. The van der Waals surface area contributed by atoms with Crippen LogP contribution in [-0.2, 0) is 0 Å². The van der Waals surface area contributed by atoms with Crippen molar-refractivity contribution in [2.75, 3.05) is 0 Å². The molecule has 1 heterocycles. The van der Waals surface area contributed by atoms with E-state index in [9.17, 15) is 5.26 Å². The lowest BCUT2D eigenvalue weighted by Crippen LogP contribution is -2.33. The van der Waals surface area contributed by atoms with Crippen molar-refractivity contribution >= 4 is 15.9 Å². The van der Waals surface area contributed by atoms with Gasteiger partial charge in [0, 0.05) is 6.20 Å². The topological polar surface area (TPSA) is 41.6 Å². The van der Waals surface area contributed by atoms with E-state index < -0.39 is 0 Å². The molecule has 3 unspecified atom stereocenters. The molecule has 1 aromatic rings. The SMILES string of the molecule is CC(C)(C)C1CCC(C#N)C(n2cc(Br)cn2)C1. The molecule has 0 amide bonds. The van der Waals surface area contributed by atoms with E-state index in [1.807, 2.05) is 10.9 Å². The summed E-state index contributed by atoms with van der Waals surface area (Å²) >= 11 is 3.43. The van der Waals surface area contributed by atoms with Gasteiger partial charge in [-0.2, -0.15) is 10.4 Å². The maximum absolute atomic E-state index is 9.32. The number of rotatable bonds is 1. The second-order valence-electron chi connectivity index (χ2n) is 6.32. The van der Waals surface area contributed by atoms with Crippen LogP contribution in [0.25, 0.3) is 0 Å². The quantitative estimate of drug-likeness (QED) is 0.781. The Kier molecular flexibility index (Phi) is 3.82. The van der Waals surface area contributed by atoms with E-state index >= 15 is 0 Å². The van der Waals surface area contributed by atoms with Crippen molar-refractivity contribution in [3.63, 3.8) is 0 Å². The summed E-state index contributed by atoms with van der Waals surface area (Å²) in [6.07, 6.45) is 6.98. The zero-order valence-electron chi connectivity index (χ0n) is 11.2. The third kappa shape index (κ3) is 2.77. The van der Waals surface area contributed by atoms with Gasteiger partial charge in [-0.15, -0.1) is 0 Å². The molecule has 0 N–H and O–H groups in total. The second kappa shape index (κ2) is 5.05. The highest BCUT2D eigenvalue weighted by Crippen LogP contribution is 2.44. The number of hydrogen-bond acceptors (Lipinski definition) is 2. The van der Waals surface area contributed by atoms with Crippen LogP contribution in [-0.4, -0.2) is 9.78 Å². The van der Waals surface area contributed by atoms with Crippen molar-refractivity contribution < 1.29 is 0 Å². The zero-order valence-corrected chi connectivity index (χ0v) is 12.8. The highest BCUT2D eigenvalue weighted by molar-refractivity contribution is 9.10. The highest BCUT2D eigenvalue weighted by atomic mass is 79.9. The first kappa shape index (κ1) is 13.6. The summed E-state index contributed by atoms with van der Waals surface area (Å²) in [5.41, 5.74) is 0.309. The minimum Gasteiger partial charge on any atom is -0.267 e. The molecule has 98 valence electrons. The fourth-order valence-corrected chi connectivity index (χ4v) is 3.17. The third-order valence-electron chi connectivity index (χ3n) is 4.12. The molecule has 4 heteroatoms. The highest BCUT2D eigenvalue weighted by Gasteiger charge is 2.37. The second-order valence-corrected chi connectivity index (χ2v) is 7.23. The normalized spacial score (nSPS) is 28.9. The fourth-order valence-electron chi connectivity index (χ4n) is 2.87. The van der Waals surface area contributed by atoms with Crippen LogP contribution in [0.4, 0.5) is 0 Å². The summed E-state index contributed by atoms with van der Waals surface area (Å²) in [4.78, 5) is 0. The number of nitriles is 1. The molecule has 0 bridgehead atoms. The largest absolute Gasteiger partial charge is 0.267 e. The van der Waals surface area contributed by atoms with E-state index in [-0.39, 0.29) is 12.0 Å². The molecule has 1 aliphatic rings. The van der Waals surface area contributed by atoms with Gasteiger partial charge in [0.05, 0.1) is 28.7 Å². The van der Waals surface area contributed by atoms with Crippen LogP contribution in [0.5, 0.6) is 0 Å². The fraction of sp³-hybridized carbons (Fsp3) is 0.714. The Hall–Kier alpha value is -0.820. The van der Waals surface area contributed by atoms with Gasteiger partial charge in [-0.3, -0.25) is 4.68 Å². The summed E-state index contributed by atoms with van der Waals surface area (Å²) in [5.74, 6) is 0.755. The monoisotopic (exact) mass is 309 g/mol. The summed E-state index contributed by atoms with van der Waals surface area (Å²) in [7, 11) is 0. The average Bonchev–Trinajstić information content (AvgIpc) is 2.73. The molecule has 1 fully saturated rings. The van der Waals surface area contributed by atoms with Gasteiger partial charge in [0.1, 0.15) is 0 Å². The van der Waals surface area contributed by atoms with E-state index in [2.05, 4.69) is 47.9 Å². The predicted octanol–water partition coefficient (Wildman–Crippen LogP) is 4.17. The van der Waals surface area contributed by atoms with Crippen molar-refractivity contribution in [2.24, 2.45) is 17.3 Å². The van der Waals surface area contributed by atoms with Crippen LogP contribution >= 0.6 is 15.9 Å². The van der Waals surface area contributed by atoms with Crippen LogP contribution < -0.4 is 0 Å². The maximum atomic E-state index is 9.32. The first-order valence-corrected chi connectivity index (χ1v) is 7.30. The van der Waals surface area contributed by atoms with Crippen molar-refractivity contribution in [1.82, 2.24) is 9.78 Å². The van der Waals surface area contributed by atoms with Crippen LogP contribution in [0.3, 0.4) is 0 Å². The van der Waals surface area contributed by atoms with Crippen LogP contribution in [0.15, 0.2) is 16.9 Å². The molecule has 1 saturated carbocycles. The first-order valence-electron chi connectivity index (χ1n) is 6.51. The summed E-state index contributed by atoms with van der Waals surface area (Å²) in [5, 5.41) is 13.7. The molecule has 3 atom stereocenters. The Morgan fingerprint density at radius 2 is 2.17 bits per heavy atom. The standard InChI is InChI=1S/C14H20BrN3/c1-14(2,3)11-5-4-10(7-16)13(6-11)18-9-12(15)8-17-18/h8-11,13H,4-6H2,1-3H3. The average molecular weight is 310 g/mol. The smallest absolute Gasteiger partial charge is 0.0688 e. The first-order chi connectivity index (χ1) is 8.41. The Morgan fingerprint density at radius 1 is 1.44 bits per heavy atom. The number of halogens is 1. The van der Waals surface area contributed by atoms with E-state index in [0.717, 1.165) is 23.7 Å². The number of aromatic nitrogens is 2. The van der Waals surface area contributed by atoms with E-state index in [1.54, 1.807) is 6.20 Å². The predicted molar refractivity (Wildman–Crippen MR) is 74.9 cm³/mol. The van der Waals surface area contributed by atoms with Gasteiger partial charge in [0.25, 0.3) is 0 Å². The molecule has 0 spiro atoms. The molecule has 0 saturated heterocycles. The third-order valence-corrected chi connectivity index (χ3v) is 4.53. The van der Waals surface area contributed by atoms with Crippen molar-refractivity contribution in [3.8, 4) is 6.07 Å². The minimum absolute atomic E-state index is 0.0930. The Balaban J connectivity index is 2.22. The number of nitrogens with zero attached hydrogens (tertiary/aromatic N) is 3. The van der Waals surface area contributed by atoms with Crippen LogP contribution in [0, 0.1) is 28.6 Å².